The summed E-state index contributed by atoms with van der Waals surface area (Å²) in [4.78, 5) is 41.7. The first kappa shape index (κ1) is 17.1. The first-order valence-electron chi connectivity index (χ1n) is 7.46. The molecular formula is C15H20N4O3S. The number of carbonyl (C=O) groups excluding carboxylic acids is 2. The van der Waals surface area contributed by atoms with Crippen LogP contribution in [0.5, 0.6) is 0 Å². The number of aryl methyl sites for hydroxylation is 1. The van der Waals surface area contributed by atoms with E-state index in [1.807, 2.05) is 20.8 Å². The van der Waals surface area contributed by atoms with E-state index in [1.54, 1.807) is 6.07 Å². The summed E-state index contributed by atoms with van der Waals surface area (Å²) in [7, 11) is 0. The maximum absolute atomic E-state index is 12.3. The van der Waals surface area contributed by atoms with Crippen molar-refractivity contribution >= 4 is 33.5 Å². The van der Waals surface area contributed by atoms with Gasteiger partial charge in [-0.15, -0.1) is 11.3 Å². The lowest BCUT2D eigenvalue weighted by atomic mass is 10.2. The van der Waals surface area contributed by atoms with Crippen LogP contribution in [0.15, 0.2) is 17.2 Å². The molecule has 0 aliphatic heterocycles. The van der Waals surface area contributed by atoms with Crippen molar-refractivity contribution in [1.82, 2.24) is 20.2 Å². The van der Waals surface area contributed by atoms with E-state index in [9.17, 15) is 14.4 Å². The molecule has 2 N–H and O–H groups in total. The highest BCUT2D eigenvalue weighted by Gasteiger charge is 2.12. The molecule has 0 aliphatic carbocycles. The number of nitrogens with one attached hydrogen (secondary N) is 2. The van der Waals surface area contributed by atoms with Gasteiger partial charge in [-0.05, 0) is 18.4 Å². The van der Waals surface area contributed by atoms with Crippen LogP contribution < -0.4 is 16.2 Å². The zero-order valence-electron chi connectivity index (χ0n) is 13.4. The molecule has 8 heteroatoms. The third-order valence-electron chi connectivity index (χ3n) is 3.16. The predicted octanol–water partition coefficient (Wildman–Crippen LogP) is 1.50. The molecule has 2 aromatic rings. The van der Waals surface area contributed by atoms with Crippen molar-refractivity contribution in [1.29, 1.82) is 0 Å². The zero-order chi connectivity index (χ0) is 17.0. The first-order chi connectivity index (χ1) is 10.9. The Morgan fingerprint density at radius 3 is 2.78 bits per heavy atom. The van der Waals surface area contributed by atoms with Crippen LogP contribution in [0.1, 0.15) is 25.6 Å². The van der Waals surface area contributed by atoms with Crippen LogP contribution in [0.4, 0.5) is 4.79 Å². The fourth-order valence-corrected chi connectivity index (χ4v) is 2.88. The average molecular weight is 336 g/mol. The Kier molecular flexibility index (Phi) is 5.49. The minimum atomic E-state index is -0.561. The van der Waals surface area contributed by atoms with Crippen LogP contribution >= 0.6 is 11.3 Å². The molecule has 124 valence electrons. The molecule has 0 saturated carbocycles. The summed E-state index contributed by atoms with van der Waals surface area (Å²) in [6.07, 6.45) is 2.17. The summed E-state index contributed by atoms with van der Waals surface area (Å²) in [5.74, 6) is -0.267. The summed E-state index contributed by atoms with van der Waals surface area (Å²) in [5, 5.41) is 5.29. The van der Waals surface area contributed by atoms with Crippen LogP contribution in [0.2, 0.25) is 0 Å². The zero-order valence-corrected chi connectivity index (χ0v) is 14.2. The number of amides is 3. The van der Waals surface area contributed by atoms with E-state index < -0.39 is 11.9 Å². The summed E-state index contributed by atoms with van der Waals surface area (Å²) >= 11 is 1.47. The minimum absolute atomic E-state index is 0.242. The van der Waals surface area contributed by atoms with Crippen molar-refractivity contribution in [3.63, 3.8) is 0 Å². The number of thiophene rings is 1. The molecule has 0 saturated heterocycles. The Labute approximate surface area is 137 Å². The summed E-state index contributed by atoms with van der Waals surface area (Å²) in [5.41, 5.74) is -0.274. The standard InChI is InChI=1S/C15H20N4O3S/c1-4-10-5-11-13(23-10)17-8-19(14(11)21)7-12(20)18-15(22)16-6-9(2)3/h5,8-9H,4,6-7H2,1-3H3,(H2,16,18,20,22). The van der Waals surface area contributed by atoms with E-state index in [0.717, 1.165) is 11.3 Å². The topological polar surface area (TPSA) is 93.1 Å². The lowest BCUT2D eigenvalue weighted by molar-refractivity contribution is -0.120. The second-order valence-corrected chi connectivity index (χ2v) is 6.73. The molecular weight excluding hydrogens is 316 g/mol. The Balaban J connectivity index is 2.06. The van der Waals surface area contributed by atoms with Gasteiger partial charge in [0.05, 0.1) is 11.7 Å². The van der Waals surface area contributed by atoms with Crippen molar-refractivity contribution in [2.24, 2.45) is 5.92 Å². The first-order valence-corrected chi connectivity index (χ1v) is 8.28. The van der Waals surface area contributed by atoms with E-state index in [2.05, 4.69) is 15.6 Å². The van der Waals surface area contributed by atoms with Gasteiger partial charge < -0.3 is 5.32 Å². The highest BCUT2D eigenvalue weighted by molar-refractivity contribution is 7.18. The van der Waals surface area contributed by atoms with Gasteiger partial charge in [-0.2, -0.15) is 0 Å². The normalized spacial score (nSPS) is 11.0. The predicted molar refractivity (Wildman–Crippen MR) is 89.6 cm³/mol. The number of rotatable bonds is 5. The van der Waals surface area contributed by atoms with Crippen LogP contribution in [0.3, 0.4) is 0 Å². The molecule has 23 heavy (non-hydrogen) atoms. The largest absolute Gasteiger partial charge is 0.338 e. The average Bonchev–Trinajstić information content (AvgIpc) is 2.92. The maximum atomic E-state index is 12.3. The second kappa shape index (κ2) is 7.36. The van der Waals surface area contributed by atoms with Crippen molar-refractivity contribution in [2.75, 3.05) is 6.54 Å². The van der Waals surface area contributed by atoms with Gasteiger partial charge in [0.15, 0.2) is 0 Å². The van der Waals surface area contributed by atoms with Crippen molar-refractivity contribution in [3.05, 3.63) is 27.6 Å². The summed E-state index contributed by atoms with van der Waals surface area (Å²) in [6.45, 7) is 6.14. The molecule has 0 aliphatic rings. The molecule has 0 unspecified atom stereocenters. The van der Waals surface area contributed by atoms with Gasteiger partial charge in [0, 0.05) is 11.4 Å². The Morgan fingerprint density at radius 1 is 1.39 bits per heavy atom. The number of hydrogen-bond donors (Lipinski definition) is 2. The van der Waals surface area contributed by atoms with Crippen molar-refractivity contribution in [2.45, 2.75) is 33.7 Å². The molecule has 2 aromatic heterocycles. The highest BCUT2D eigenvalue weighted by Crippen LogP contribution is 2.20. The van der Waals surface area contributed by atoms with Gasteiger partial charge in [-0.25, -0.2) is 9.78 Å². The summed E-state index contributed by atoms with van der Waals surface area (Å²) in [6, 6.07) is 1.24. The number of fused-ring (bicyclic) bond motifs is 1. The van der Waals surface area contributed by atoms with Gasteiger partial charge in [-0.1, -0.05) is 20.8 Å². The van der Waals surface area contributed by atoms with Crippen molar-refractivity contribution in [3.8, 4) is 0 Å². The lowest BCUT2D eigenvalue weighted by Gasteiger charge is -2.09. The lowest BCUT2D eigenvalue weighted by Crippen LogP contribution is -2.43. The molecule has 0 atom stereocenters. The Hall–Kier alpha value is -2.22. The molecule has 0 fully saturated rings. The van der Waals surface area contributed by atoms with Crippen LogP contribution in [-0.2, 0) is 17.8 Å². The number of carbonyl (C=O) groups is 2. The fraction of sp³-hybridized carbons (Fsp3) is 0.467. The van der Waals surface area contributed by atoms with Gasteiger partial charge in [0.1, 0.15) is 11.4 Å². The second-order valence-electron chi connectivity index (χ2n) is 5.61. The van der Waals surface area contributed by atoms with Crippen LogP contribution in [0, 0.1) is 5.92 Å². The molecule has 0 spiro atoms. The molecule has 0 radical (unpaired) electrons. The SMILES string of the molecule is CCc1cc2c(=O)n(CC(=O)NC(=O)NCC(C)C)cnc2s1. The minimum Gasteiger partial charge on any atom is -0.338 e. The van der Waals surface area contributed by atoms with Crippen molar-refractivity contribution < 1.29 is 9.59 Å². The maximum Gasteiger partial charge on any atom is 0.321 e. The number of urea groups is 1. The van der Waals surface area contributed by atoms with E-state index in [-0.39, 0.29) is 18.0 Å². The van der Waals surface area contributed by atoms with Crippen LogP contribution in [0.25, 0.3) is 10.2 Å². The third kappa shape index (κ3) is 4.38. The number of nitrogens with zero attached hydrogens (tertiary/aromatic N) is 2. The Morgan fingerprint density at radius 2 is 2.13 bits per heavy atom. The summed E-state index contributed by atoms with van der Waals surface area (Å²) < 4.78 is 1.21. The van der Waals surface area contributed by atoms with Gasteiger partial charge in [-0.3, -0.25) is 19.5 Å². The molecule has 0 aromatic carbocycles. The van der Waals surface area contributed by atoms with Crippen LogP contribution in [-0.4, -0.2) is 28.0 Å². The van der Waals surface area contributed by atoms with Gasteiger partial charge in [0.2, 0.25) is 5.91 Å². The molecule has 2 rings (SSSR count). The molecule has 3 amide bonds. The molecule has 0 bridgehead atoms. The number of hydrogen-bond acceptors (Lipinski definition) is 5. The Bertz CT molecular complexity index is 779. The molecule has 7 nitrogen and oxygen atoms in total. The van der Waals surface area contributed by atoms with E-state index in [4.69, 9.17) is 0 Å². The van der Waals surface area contributed by atoms with E-state index in [1.165, 1.54) is 22.2 Å². The quantitative estimate of drug-likeness (QED) is 0.865. The monoisotopic (exact) mass is 336 g/mol. The number of aromatic nitrogens is 2. The third-order valence-corrected chi connectivity index (χ3v) is 4.34. The van der Waals surface area contributed by atoms with Gasteiger partial charge in [0.25, 0.3) is 5.56 Å². The van der Waals surface area contributed by atoms with E-state index >= 15 is 0 Å². The fourth-order valence-electron chi connectivity index (χ4n) is 1.96. The molecule has 2 heterocycles. The number of imide groups is 1. The van der Waals surface area contributed by atoms with E-state index in [0.29, 0.717) is 16.8 Å². The smallest absolute Gasteiger partial charge is 0.321 e. The van der Waals surface area contributed by atoms with Gasteiger partial charge >= 0.3 is 6.03 Å². The highest BCUT2D eigenvalue weighted by atomic mass is 32.1.